The van der Waals surface area contributed by atoms with Gasteiger partial charge in [-0.3, -0.25) is 23.2 Å². The molecule has 262 valence electrons. The summed E-state index contributed by atoms with van der Waals surface area (Å²) in [5.74, 6) is -1.78. The maximum atomic E-state index is 14.0. The highest BCUT2D eigenvalue weighted by Gasteiger charge is 2.53. The second-order valence-electron chi connectivity index (χ2n) is 10.8. The third kappa shape index (κ3) is 13.6. The van der Waals surface area contributed by atoms with Crippen LogP contribution in [0.1, 0.15) is 57.6 Å². The lowest BCUT2D eigenvalue weighted by Crippen LogP contribution is -2.67. The molecule has 1 N–H and O–H groups in total. The first-order valence-electron chi connectivity index (χ1n) is 15.5. The zero-order valence-corrected chi connectivity index (χ0v) is 29.9. The number of phosphoric acid groups is 1. The SMILES string of the molecule is CCCCOP(=O)(OCCCC)O[C@@H]1O[C@H](COCc2ccccc2)[C@H](OCc2ccccc2)[C@H](OC(C)=O)[C@H]1NC(=O)C(Cl)(Cl)Cl. The van der Waals surface area contributed by atoms with E-state index in [1.165, 1.54) is 6.92 Å². The van der Waals surface area contributed by atoms with E-state index >= 15 is 0 Å². The molecule has 5 atom stereocenters. The Labute approximate surface area is 291 Å². The number of rotatable bonds is 19. The molecule has 47 heavy (non-hydrogen) atoms. The monoisotopic (exact) mass is 737 g/mol. The van der Waals surface area contributed by atoms with Crippen LogP contribution in [0.2, 0.25) is 0 Å². The van der Waals surface area contributed by atoms with Crippen molar-refractivity contribution >= 4 is 54.5 Å². The fourth-order valence-corrected chi connectivity index (χ4v) is 6.05. The van der Waals surface area contributed by atoms with Crippen molar-refractivity contribution in [2.24, 2.45) is 0 Å². The lowest BCUT2D eigenvalue weighted by atomic mass is 9.96. The van der Waals surface area contributed by atoms with Crippen molar-refractivity contribution in [3.63, 3.8) is 0 Å². The molecule has 1 aliphatic rings. The number of esters is 1. The summed E-state index contributed by atoms with van der Waals surface area (Å²) in [4.78, 5) is 25.6. The Bertz CT molecular complexity index is 1260. The summed E-state index contributed by atoms with van der Waals surface area (Å²) in [5.41, 5.74) is 1.72. The van der Waals surface area contributed by atoms with E-state index in [0.717, 1.165) is 24.0 Å². The van der Waals surface area contributed by atoms with Gasteiger partial charge in [-0.25, -0.2) is 4.57 Å². The Morgan fingerprint density at radius 1 is 0.872 bits per heavy atom. The maximum Gasteiger partial charge on any atom is 0.477 e. The van der Waals surface area contributed by atoms with E-state index in [0.29, 0.717) is 12.8 Å². The number of nitrogens with one attached hydrogen (secondary N) is 1. The lowest BCUT2D eigenvalue weighted by molar-refractivity contribution is -0.268. The van der Waals surface area contributed by atoms with Crippen molar-refractivity contribution in [1.82, 2.24) is 5.32 Å². The third-order valence-corrected chi connectivity index (χ3v) is 8.89. The van der Waals surface area contributed by atoms with Crippen LogP contribution in [0.4, 0.5) is 0 Å². The zero-order valence-electron chi connectivity index (χ0n) is 26.7. The van der Waals surface area contributed by atoms with Crippen LogP contribution in [0.5, 0.6) is 0 Å². The van der Waals surface area contributed by atoms with E-state index in [2.05, 4.69) is 5.32 Å². The molecule has 0 radical (unpaired) electrons. The number of hydrogen-bond acceptors (Lipinski definition) is 10. The van der Waals surface area contributed by atoms with Crippen LogP contribution in [0.15, 0.2) is 60.7 Å². The summed E-state index contributed by atoms with van der Waals surface area (Å²) in [6.07, 6.45) is -2.24. The first-order valence-corrected chi connectivity index (χ1v) is 18.1. The van der Waals surface area contributed by atoms with Gasteiger partial charge in [0.05, 0.1) is 33.0 Å². The molecule has 0 aliphatic carbocycles. The highest BCUT2D eigenvalue weighted by molar-refractivity contribution is 7.48. The normalized spacial score (nSPS) is 21.7. The molecule has 1 fully saturated rings. The molecule has 3 rings (SSSR count). The number of amides is 1. The van der Waals surface area contributed by atoms with Crippen LogP contribution in [-0.4, -0.2) is 66.1 Å². The number of phosphoric ester groups is 1. The van der Waals surface area contributed by atoms with E-state index in [4.69, 9.17) is 67.3 Å². The van der Waals surface area contributed by atoms with E-state index in [-0.39, 0.29) is 33.0 Å². The molecule has 0 saturated carbocycles. The molecule has 2 aromatic carbocycles. The minimum atomic E-state index is -4.31. The summed E-state index contributed by atoms with van der Waals surface area (Å²) >= 11 is 17.7. The highest BCUT2D eigenvalue weighted by Crippen LogP contribution is 2.52. The average molecular weight is 739 g/mol. The molecule has 0 aromatic heterocycles. The van der Waals surface area contributed by atoms with Crippen LogP contribution in [0.3, 0.4) is 0 Å². The number of carbonyl (C=O) groups is 2. The molecule has 11 nitrogen and oxygen atoms in total. The lowest BCUT2D eigenvalue weighted by Gasteiger charge is -2.46. The number of carbonyl (C=O) groups excluding carboxylic acids is 2. The Morgan fingerprint density at radius 3 is 1.94 bits per heavy atom. The summed E-state index contributed by atoms with van der Waals surface area (Å²) in [6, 6.07) is 17.3. The third-order valence-electron chi connectivity index (χ3n) is 6.91. The Morgan fingerprint density at radius 2 is 1.43 bits per heavy atom. The number of halogens is 3. The van der Waals surface area contributed by atoms with Crippen molar-refractivity contribution in [2.45, 2.75) is 94.1 Å². The summed E-state index contributed by atoms with van der Waals surface area (Å²) in [6.45, 7) is 5.45. The van der Waals surface area contributed by atoms with E-state index < -0.39 is 54.1 Å². The minimum absolute atomic E-state index is 0.0671. The molecule has 2 aromatic rings. The molecule has 1 aliphatic heterocycles. The second kappa shape index (κ2) is 20.0. The van der Waals surface area contributed by atoms with Crippen molar-refractivity contribution in [2.75, 3.05) is 19.8 Å². The topological polar surface area (TPSA) is 128 Å². The van der Waals surface area contributed by atoms with E-state index in [9.17, 15) is 14.2 Å². The molecule has 1 amide bonds. The van der Waals surface area contributed by atoms with Gasteiger partial charge in [0.25, 0.3) is 9.70 Å². The number of alkyl halides is 3. The smallest absolute Gasteiger partial charge is 0.457 e. The Hall–Kier alpha value is -1.76. The van der Waals surface area contributed by atoms with Gasteiger partial charge < -0.3 is 24.3 Å². The zero-order chi connectivity index (χ0) is 34.3. The van der Waals surface area contributed by atoms with Gasteiger partial charge in [-0.2, -0.15) is 0 Å². The van der Waals surface area contributed by atoms with Gasteiger partial charge in [0, 0.05) is 6.92 Å². The fraction of sp³-hybridized carbons (Fsp3) is 0.562. The molecule has 15 heteroatoms. The Kier molecular flexibility index (Phi) is 16.9. The van der Waals surface area contributed by atoms with Gasteiger partial charge in [-0.15, -0.1) is 0 Å². The molecule has 0 unspecified atom stereocenters. The van der Waals surface area contributed by atoms with Crippen LogP contribution < -0.4 is 5.32 Å². The molecule has 1 saturated heterocycles. The van der Waals surface area contributed by atoms with Crippen LogP contribution >= 0.6 is 42.6 Å². The number of ether oxygens (including phenoxy) is 4. The molecular formula is C32H43Cl3NO10P. The van der Waals surface area contributed by atoms with Crippen molar-refractivity contribution in [1.29, 1.82) is 0 Å². The van der Waals surface area contributed by atoms with Crippen molar-refractivity contribution in [3.8, 4) is 0 Å². The highest BCUT2D eigenvalue weighted by atomic mass is 35.6. The first-order chi connectivity index (χ1) is 22.5. The van der Waals surface area contributed by atoms with E-state index in [1.807, 2.05) is 74.5 Å². The molecule has 1 heterocycles. The minimum Gasteiger partial charge on any atom is -0.457 e. The number of unbranched alkanes of at least 4 members (excludes halogenated alkanes) is 2. The van der Waals surface area contributed by atoms with Gasteiger partial charge in [0.15, 0.2) is 12.4 Å². The molecule has 0 bridgehead atoms. The predicted octanol–water partition coefficient (Wildman–Crippen LogP) is 7.06. The quantitative estimate of drug-likeness (QED) is 0.0693. The van der Waals surface area contributed by atoms with Gasteiger partial charge >= 0.3 is 13.8 Å². The largest absolute Gasteiger partial charge is 0.477 e. The van der Waals surface area contributed by atoms with Gasteiger partial charge in [0.2, 0.25) is 0 Å². The van der Waals surface area contributed by atoms with Gasteiger partial charge in [-0.05, 0) is 24.0 Å². The van der Waals surface area contributed by atoms with Crippen LogP contribution in [0, 0.1) is 0 Å². The molecule has 0 spiro atoms. The number of hydrogen-bond donors (Lipinski definition) is 1. The van der Waals surface area contributed by atoms with Crippen molar-refractivity contribution < 1.29 is 46.7 Å². The molecular weight excluding hydrogens is 696 g/mol. The summed E-state index contributed by atoms with van der Waals surface area (Å²) in [5, 5.41) is 2.54. The van der Waals surface area contributed by atoms with Gasteiger partial charge in [-0.1, -0.05) is 122 Å². The second-order valence-corrected chi connectivity index (χ2v) is 14.7. The van der Waals surface area contributed by atoms with Crippen LogP contribution in [0.25, 0.3) is 0 Å². The standard InChI is InChI=1S/C32H43Cl3NO10P/c1-4-6-18-42-47(39,43-19-7-5-2)46-30-27(36-31(38)32(33,34)35)29(44-23(3)37)28(41-21-25-16-12-9-13-17-25)26(45-30)22-40-20-24-14-10-8-11-15-24/h8-17,26-30H,4-7,18-22H2,1-3H3,(H,36,38)/t26-,27-,28+,29-,30+/m1/s1. The number of benzene rings is 2. The van der Waals surface area contributed by atoms with Gasteiger partial charge in [0.1, 0.15) is 18.2 Å². The van der Waals surface area contributed by atoms with E-state index in [1.54, 1.807) is 0 Å². The average Bonchev–Trinajstić information content (AvgIpc) is 3.03. The predicted molar refractivity (Wildman–Crippen MR) is 178 cm³/mol. The summed E-state index contributed by atoms with van der Waals surface area (Å²) < 4.78 is 53.2. The van der Waals surface area contributed by atoms with Crippen molar-refractivity contribution in [3.05, 3.63) is 71.8 Å². The maximum absolute atomic E-state index is 14.0. The fourth-order valence-electron chi connectivity index (χ4n) is 4.55. The van der Waals surface area contributed by atoms with Crippen LogP contribution in [-0.2, 0) is 59.9 Å². The summed E-state index contributed by atoms with van der Waals surface area (Å²) in [7, 11) is -4.31. The first kappa shape index (κ1) is 39.7. The Balaban J connectivity index is 2.01.